The van der Waals surface area contributed by atoms with E-state index in [2.05, 4.69) is 5.32 Å². The van der Waals surface area contributed by atoms with Crippen molar-refractivity contribution in [2.24, 2.45) is 0 Å². The number of hydrogen-bond acceptors (Lipinski definition) is 3. The van der Waals surface area contributed by atoms with E-state index >= 15 is 0 Å². The average molecular weight is 159 g/mol. The van der Waals surface area contributed by atoms with Crippen LogP contribution in [0.2, 0.25) is 0 Å². The van der Waals surface area contributed by atoms with Crippen LogP contribution in [-0.4, -0.2) is 29.2 Å². The van der Waals surface area contributed by atoms with E-state index in [9.17, 15) is 9.59 Å². The molecule has 0 aromatic rings. The van der Waals surface area contributed by atoms with Crippen LogP contribution < -0.4 is 5.32 Å². The number of ketones is 1. The Bertz CT molecular complexity index is 169. The van der Waals surface area contributed by atoms with E-state index in [1.165, 1.54) is 18.7 Å². The Hall–Kier alpha value is -0.510. The molecule has 1 amide bonds. The summed E-state index contributed by atoms with van der Waals surface area (Å²) in [4.78, 5) is 21.6. The smallest absolute Gasteiger partial charge is 0.240 e. The number of rotatable bonds is 1. The molecular formula is C6H9NO2S. The number of amides is 1. The summed E-state index contributed by atoms with van der Waals surface area (Å²) >= 11 is 1.42. The summed E-state index contributed by atoms with van der Waals surface area (Å²) in [6.45, 7) is 2.13. The maximum atomic E-state index is 10.9. The minimum absolute atomic E-state index is 0.0535. The molecule has 1 aliphatic heterocycles. The Morgan fingerprint density at radius 1 is 1.80 bits per heavy atom. The second-order valence-corrected chi connectivity index (χ2v) is 3.37. The van der Waals surface area contributed by atoms with Gasteiger partial charge >= 0.3 is 0 Å². The SMILES string of the molecule is CC(=O)C1SCCNC1=O. The van der Waals surface area contributed by atoms with Gasteiger partial charge in [0.15, 0.2) is 5.78 Å². The number of carbonyl (C=O) groups is 2. The van der Waals surface area contributed by atoms with Gasteiger partial charge in [-0.1, -0.05) is 0 Å². The van der Waals surface area contributed by atoms with Crippen LogP contribution in [-0.2, 0) is 9.59 Å². The van der Waals surface area contributed by atoms with E-state index < -0.39 is 5.25 Å². The second-order valence-electron chi connectivity index (χ2n) is 2.15. The highest BCUT2D eigenvalue weighted by Gasteiger charge is 2.26. The third-order valence-electron chi connectivity index (χ3n) is 1.29. The summed E-state index contributed by atoms with van der Waals surface area (Å²) in [6.07, 6.45) is 0. The number of hydrogen-bond donors (Lipinski definition) is 1. The molecule has 1 N–H and O–H groups in total. The van der Waals surface area contributed by atoms with E-state index in [0.29, 0.717) is 6.54 Å². The van der Waals surface area contributed by atoms with Gasteiger partial charge in [0.05, 0.1) is 0 Å². The monoisotopic (exact) mass is 159 g/mol. The molecule has 1 heterocycles. The van der Waals surface area contributed by atoms with Crippen molar-refractivity contribution in [2.45, 2.75) is 12.2 Å². The molecule has 10 heavy (non-hydrogen) atoms. The summed E-state index contributed by atoms with van der Waals surface area (Å²) in [6, 6.07) is 0. The lowest BCUT2D eigenvalue weighted by atomic mass is 10.3. The van der Waals surface area contributed by atoms with Crippen molar-refractivity contribution < 1.29 is 9.59 Å². The van der Waals surface area contributed by atoms with Gasteiger partial charge in [-0.3, -0.25) is 9.59 Å². The first-order valence-corrected chi connectivity index (χ1v) is 4.16. The third kappa shape index (κ3) is 1.50. The maximum Gasteiger partial charge on any atom is 0.240 e. The van der Waals surface area contributed by atoms with Crippen LogP contribution in [0.5, 0.6) is 0 Å². The first-order chi connectivity index (χ1) is 4.72. The lowest BCUT2D eigenvalue weighted by Gasteiger charge is -2.18. The van der Waals surface area contributed by atoms with Gasteiger partial charge in [0.2, 0.25) is 5.91 Å². The lowest BCUT2D eigenvalue weighted by molar-refractivity contribution is -0.126. The zero-order chi connectivity index (χ0) is 7.56. The molecule has 0 aliphatic carbocycles. The molecule has 1 aliphatic rings. The third-order valence-corrected chi connectivity index (χ3v) is 2.61. The fourth-order valence-electron chi connectivity index (χ4n) is 0.821. The van der Waals surface area contributed by atoms with Crippen LogP contribution in [0.25, 0.3) is 0 Å². The molecule has 4 heteroatoms. The predicted molar refractivity (Wildman–Crippen MR) is 39.9 cm³/mol. The number of Topliss-reactive ketones (excluding diaryl/α,β-unsaturated/α-hetero) is 1. The first-order valence-electron chi connectivity index (χ1n) is 3.11. The van der Waals surface area contributed by atoms with Gasteiger partial charge in [-0.2, -0.15) is 0 Å². The molecule has 1 fully saturated rings. The molecule has 0 aromatic heterocycles. The molecule has 1 saturated heterocycles. The molecular weight excluding hydrogens is 150 g/mol. The van der Waals surface area contributed by atoms with Crippen LogP contribution in [0.15, 0.2) is 0 Å². The summed E-state index contributed by atoms with van der Waals surface area (Å²) in [5, 5.41) is 2.18. The van der Waals surface area contributed by atoms with Gasteiger partial charge < -0.3 is 5.32 Å². The predicted octanol–water partition coefficient (Wildman–Crippen LogP) is -0.193. The lowest BCUT2D eigenvalue weighted by Crippen LogP contribution is -2.42. The van der Waals surface area contributed by atoms with E-state index in [1.54, 1.807) is 0 Å². The summed E-state index contributed by atoms with van der Waals surface area (Å²) < 4.78 is 0. The number of carbonyl (C=O) groups excluding carboxylic acids is 2. The molecule has 1 unspecified atom stereocenters. The minimum atomic E-state index is -0.450. The highest BCUT2D eigenvalue weighted by atomic mass is 32.2. The molecule has 0 aromatic carbocycles. The summed E-state index contributed by atoms with van der Waals surface area (Å²) in [5.74, 6) is 0.654. The fourth-order valence-corrected chi connectivity index (χ4v) is 1.75. The minimum Gasteiger partial charge on any atom is -0.354 e. The molecule has 3 nitrogen and oxygen atoms in total. The fraction of sp³-hybridized carbons (Fsp3) is 0.667. The van der Waals surface area contributed by atoms with Crippen molar-refractivity contribution in [1.82, 2.24) is 5.32 Å². The standard InChI is InChI=1S/C6H9NO2S/c1-4(8)5-6(9)7-2-3-10-5/h5H,2-3H2,1H3,(H,7,9). The summed E-state index contributed by atoms with van der Waals surface area (Å²) in [7, 11) is 0. The van der Waals surface area contributed by atoms with Gasteiger partial charge in [-0.15, -0.1) is 11.8 Å². The second kappa shape index (κ2) is 3.05. The number of thioether (sulfide) groups is 1. The Morgan fingerprint density at radius 2 is 2.50 bits per heavy atom. The van der Waals surface area contributed by atoms with Crippen LogP contribution in [0, 0.1) is 0 Å². The van der Waals surface area contributed by atoms with Gasteiger partial charge in [-0.25, -0.2) is 0 Å². The Kier molecular flexibility index (Phi) is 2.32. The van der Waals surface area contributed by atoms with E-state index in [-0.39, 0.29) is 11.7 Å². The Morgan fingerprint density at radius 3 is 2.90 bits per heavy atom. The van der Waals surface area contributed by atoms with E-state index in [4.69, 9.17) is 0 Å². The maximum absolute atomic E-state index is 10.9. The average Bonchev–Trinajstić information content (AvgIpc) is 1.88. The van der Waals surface area contributed by atoms with Gasteiger partial charge in [-0.05, 0) is 6.92 Å². The van der Waals surface area contributed by atoms with Gasteiger partial charge in [0, 0.05) is 12.3 Å². The highest BCUT2D eigenvalue weighted by molar-refractivity contribution is 8.01. The van der Waals surface area contributed by atoms with Crippen molar-refractivity contribution in [2.75, 3.05) is 12.3 Å². The first kappa shape index (κ1) is 7.60. The van der Waals surface area contributed by atoms with Gasteiger partial charge in [0.25, 0.3) is 0 Å². The van der Waals surface area contributed by atoms with Crippen molar-refractivity contribution in [3.05, 3.63) is 0 Å². The molecule has 0 radical (unpaired) electrons. The van der Waals surface area contributed by atoms with Crippen molar-refractivity contribution in [3.63, 3.8) is 0 Å². The Balaban J connectivity index is 2.56. The van der Waals surface area contributed by atoms with Crippen molar-refractivity contribution in [1.29, 1.82) is 0 Å². The van der Waals surface area contributed by atoms with Crippen LogP contribution >= 0.6 is 11.8 Å². The molecule has 56 valence electrons. The van der Waals surface area contributed by atoms with Crippen LogP contribution in [0.3, 0.4) is 0 Å². The normalized spacial score (nSPS) is 25.7. The van der Waals surface area contributed by atoms with Gasteiger partial charge in [0.1, 0.15) is 5.25 Å². The molecule has 0 spiro atoms. The molecule has 1 atom stereocenters. The quantitative estimate of drug-likeness (QED) is 0.539. The molecule has 0 bridgehead atoms. The topological polar surface area (TPSA) is 46.2 Å². The summed E-state index contributed by atoms with van der Waals surface area (Å²) in [5.41, 5.74) is 0. The van der Waals surface area contributed by atoms with Crippen LogP contribution in [0.4, 0.5) is 0 Å². The molecule has 0 saturated carbocycles. The Labute approximate surface area is 63.6 Å². The largest absolute Gasteiger partial charge is 0.354 e. The highest BCUT2D eigenvalue weighted by Crippen LogP contribution is 2.14. The van der Waals surface area contributed by atoms with Crippen molar-refractivity contribution >= 4 is 23.5 Å². The van der Waals surface area contributed by atoms with Crippen LogP contribution in [0.1, 0.15) is 6.92 Å². The van der Waals surface area contributed by atoms with Crippen molar-refractivity contribution in [3.8, 4) is 0 Å². The number of nitrogens with one attached hydrogen (secondary N) is 1. The van der Waals surface area contributed by atoms with E-state index in [1.807, 2.05) is 0 Å². The zero-order valence-electron chi connectivity index (χ0n) is 5.72. The molecule has 1 rings (SSSR count). The van der Waals surface area contributed by atoms with E-state index in [0.717, 1.165) is 5.75 Å². The zero-order valence-corrected chi connectivity index (χ0v) is 6.53.